The highest BCUT2D eigenvalue weighted by Gasteiger charge is 2.33. The van der Waals surface area contributed by atoms with Gasteiger partial charge in [0.2, 0.25) is 5.91 Å². The summed E-state index contributed by atoms with van der Waals surface area (Å²) in [6, 6.07) is 17.8. The number of aliphatic hydroxyl groups excluding tert-OH is 2. The number of hydrogen-bond donors (Lipinski definition) is 2. The van der Waals surface area contributed by atoms with Gasteiger partial charge in [-0.1, -0.05) is 54.6 Å². The van der Waals surface area contributed by atoms with Crippen LogP contribution in [0.25, 0.3) is 11.1 Å². The number of nitrogens with zero attached hydrogens (tertiary/aromatic N) is 1. The molecular formula is C19H21NO3. The molecule has 1 fully saturated rings. The molecule has 0 aliphatic carbocycles. The third-order valence-corrected chi connectivity index (χ3v) is 4.34. The molecule has 23 heavy (non-hydrogen) atoms. The van der Waals surface area contributed by atoms with Gasteiger partial charge < -0.3 is 15.1 Å². The zero-order valence-electron chi connectivity index (χ0n) is 12.9. The molecule has 0 aromatic heterocycles. The van der Waals surface area contributed by atoms with E-state index in [2.05, 4.69) is 12.1 Å². The Morgan fingerprint density at radius 2 is 1.70 bits per heavy atom. The molecule has 2 atom stereocenters. The van der Waals surface area contributed by atoms with E-state index in [-0.39, 0.29) is 25.0 Å². The molecule has 2 N–H and O–H groups in total. The lowest BCUT2D eigenvalue weighted by Gasteiger charge is -2.22. The Bertz CT molecular complexity index is 654. The molecule has 0 spiro atoms. The van der Waals surface area contributed by atoms with Crippen LogP contribution in [0.5, 0.6) is 0 Å². The summed E-state index contributed by atoms with van der Waals surface area (Å²) >= 11 is 0. The zero-order chi connectivity index (χ0) is 16.2. The van der Waals surface area contributed by atoms with Crippen LogP contribution in [0.4, 0.5) is 0 Å². The summed E-state index contributed by atoms with van der Waals surface area (Å²) in [7, 11) is 0. The van der Waals surface area contributed by atoms with Crippen LogP contribution in [0.2, 0.25) is 0 Å². The number of likely N-dealkylation sites (tertiary alicyclic amines) is 1. The van der Waals surface area contributed by atoms with Crippen molar-refractivity contribution in [3.63, 3.8) is 0 Å². The Hall–Kier alpha value is -2.17. The predicted octanol–water partition coefficient (Wildman–Crippen LogP) is 1.85. The zero-order valence-corrected chi connectivity index (χ0v) is 12.9. The first-order valence-electron chi connectivity index (χ1n) is 7.90. The molecule has 0 bridgehead atoms. The lowest BCUT2D eigenvalue weighted by molar-refractivity contribution is -0.132. The highest BCUT2D eigenvalue weighted by Crippen LogP contribution is 2.21. The topological polar surface area (TPSA) is 60.8 Å². The van der Waals surface area contributed by atoms with Gasteiger partial charge in [0, 0.05) is 6.54 Å². The molecule has 2 aromatic rings. The second-order valence-corrected chi connectivity index (χ2v) is 6.01. The highest BCUT2D eigenvalue weighted by atomic mass is 16.3. The average Bonchev–Trinajstić information content (AvgIpc) is 2.97. The molecule has 2 aromatic carbocycles. The molecule has 0 radical (unpaired) electrons. The average molecular weight is 311 g/mol. The van der Waals surface area contributed by atoms with Crippen LogP contribution in [0.1, 0.15) is 12.0 Å². The van der Waals surface area contributed by atoms with Gasteiger partial charge >= 0.3 is 0 Å². The standard InChI is InChI=1S/C19H21NO3/c21-13-17-11-18(22)12-20(17)19(23)10-14-6-8-16(9-7-14)15-4-2-1-3-5-15/h1-9,17-18,21-22H,10-13H2/t17-,18+/m0/s1. The molecule has 1 saturated heterocycles. The number of β-amino-alcohol motifs (C(OH)–C–C–N with tert-alkyl or cyclic N) is 1. The number of rotatable bonds is 4. The van der Waals surface area contributed by atoms with E-state index in [1.54, 1.807) is 4.90 Å². The maximum absolute atomic E-state index is 12.4. The minimum absolute atomic E-state index is 0.0481. The quantitative estimate of drug-likeness (QED) is 0.906. The van der Waals surface area contributed by atoms with Crippen LogP contribution in [0.3, 0.4) is 0 Å². The monoisotopic (exact) mass is 311 g/mol. The summed E-state index contributed by atoms with van der Waals surface area (Å²) in [5, 5.41) is 19.0. The smallest absolute Gasteiger partial charge is 0.227 e. The van der Waals surface area contributed by atoms with Crippen LogP contribution in [-0.2, 0) is 11.2 Å². The summed E-state index contributed by atoms with van der Waals surface area (Å²) in [4.78, 5) is 14.0. The molecule has 1 aliphatic heterocycles. The van der Waals surface area contributed by atoms with Gasteiger partial charge in [-0.25, -0.2) is 0 Å². The third-order valence-electron chi connectivity index (χ3n) is 4.34. The van der Waals surface area contributed by atoms with Crippen molar-refractivity contribution in [2.75, 3.05) is 13.2 Å². The maximum Gasteiger partial charge on any atom is 0.227 e. The van der Waals surface area contributed by atoms with Crippen LogP contribution >= 0.6 is 0 Å². The summed E-state index contributed by atoms with van der Waals surface area (Å²) in [6.07, 6.45) is 0.213. The van der Waals surface area contributed by atoms with E-state index < -0.39 is 6.10 Å². The van der Waals surface area contributed by atoms with Crippen molar-refractivity contribution in [2.24, 2.45) is 0 Å². The van der Waals surface area contributed by atoms with E-state index in [1.165, 1.54) is 0 Å². The first kappa shape index (κ1) is 15.7. The summed E-state index contributed by atoms with van der Waals surface area (Å²) in [5.74, 6) is -0.0481. The van der Waals surface area contributed by atoms with Crippen molar-refractivity contribution in [2.45, 2.75) is 25.0 Å². The Morgan fingerprint density at radius 3 is 2.35 bits per heavy atom. The Labute approximate surface area is 136 Å². The van der Waals surface area contributed by atoms with Crippen molar-refractivity contribution in [3.8, 4) is 11.1 Å². The predicted molar refractivity (Wildman–Crippen MR) is 88.8 cm³/mol. The van der Waals surface area contributed by atoms with E-state index >= 15 is 0 Å². The largest absolute Gasteiger partial charge is 0.394 e. The summed E-state index contributed by atoms with van der Waals surface area (Å²) in [6.45, 7) is 0.210. The van der Waals surface area contributed by atoms with Gasteiger partial charge in [-0.05, 0) is 23.1 Å². The van der Waals surface area contributed by atoms with Gasteiger partial charge in [-0.15, -0.1) is 0 Å². The van der Waals surface area contributed by atoms with Crippen molar-refractivity contribution < 1.29 is 15.0 Å². The molecule has 0 unspecified atom stereocenters. The lowest BCUT2D eigenvalue weighted by Crippen LogP contribution is -2.38. The molecule has 1 heterocycles. The first-order valence-corrected chi connectivity index (χ1v) is 7.90. The molecule has 4 nitrogen and oxygen atoms in total. The third kappa shape index (κ3) is 3.60. The van der Waals surface area contributed by atoms with Gasteiger partial charge in [-0.3, -0.25) is 4.79 Å². The van der Waals surface area contributed by atoms with E-state index in [0.717, 1.165) is 16.7 Å². The number of benzene rings is 2. The van der Waals surface area contributed by atoms with Crippen molar-refractivity contribution in [3.05, 3.63) is 60.2 Å². The summed E-state index contributed by atoms with van der Waals surface area (Å²) < 4.78 is 0. The van der Waals surface area contributed by atoms with Gasteiger partial charge in [0.15, 0.2) is 0 Å². The molecule has 1 aliphatic rings. The van der Waals surface area contributed by atoms with E-state index in [4.69, 9.17) is 0 Å². The fraction of sp³-hybridized carbons (Fsp3) is 0.316. The van der Waals surface area contributed by atoms with E-state index in [0.29, 0.717) is 13.0 Å². The normalized spacial score (nSPS) is 20.7. The van der Waals surface area contributed by atoms with Crippen LogP contribution in [0.15, 0.2) is 54.6 Å². The van der Waals surface area contributed by atoms with Gasteiger partial charge in [0.05, 0.1) is 25.2 Å². The maximum atomic E-state index is 12.4. The minimum atomic E-state index is -0.531. The van der Waals surface area contributed by atoms with Gasteiger partial charge in [0.1, 0.15) is 0 Å². The fourth-order valence-electron chi connectivity index (χ4n) is 3.09. The number of aliphatic hydroxyl groups is 2. The van der Waals surface area contributed by atoms with Gasteiger partial charge in [-0.2, -0.15) is 0 Å². The fourth-order valence-corrected chi connectivity index (χ4v) is 3.09. The summed E-state index contributed by atoms with van der Waals surface area (Å²) in [5.41, 5.74) is 3.20. The number of hydrogen-bond acceptors (Lipinski definition) is 3. The van der Waals surface area contributed by atoms with Gasteiger partial charge in [0.25, 0.3) is 0 Å². The van der Waals surface area contributed by atoms with Crippen LogP contribution in [0, 0.1) is 0 Å². The van der Waals surface area contributed by atoms with Crippen molar-refractivity contribution in [1.82, 2.24) is 4.90 Å². The minimum Gasteiger partial charge on any atom is -0.394 e. The van der Waals surface area contributed by atoms with Crippen molar-refractivity contribution >= 4 is 5.91 Å². The lowest BCUT2D eigenvalue weighted by atomic mass is 10.0. The molecule has 4 heteroatoms. The van der Waals surface area contributed by atoms with Crippen LogP contribution < -0.4 is 0 Å². The number of carbonyl (C=O) groups excluding carboxylic acids is 1. The molecular weight excluding hydrogens is 290 g/mol. The van der Waals surface area contributed by atoms with E-state index in [1.807, 2.05) is 42.5 Å². The molecule has 0 saturated carbocycles. The van der Waals surface area contributed by atoms with Crippen LogP contribution in [-0.4, -0.2) is 46.3 Å². The Balaban J connectivity index is 1.67. The van der Waals surface area contributed by atoms with Crippen molar-refractivity contribution in [1.29, 1.82) is 0 Å². The second-order valence-electron chi connectivity index (χ2n) is 6.01. The SMILES string of the molecule is O=C(Cc1ccc(-c2ccccc2)cc1)N1C[C@H](O)C[C@H]1CO. The highest BCUT2D eigenvalue weighted by molar-refractivity contribution is 5.79. The second kappa shape index (κ2) is 6.94. The van der Waals surface area contributed by atoms with E-state index in [9.17, 15) is 15.0 Å². The molecule has 1 amide bonds. The number of carbonyl (C=O) groups is 1. The molecule has 120 valence electrons. The number of amides is 1. The molecule has 3 rings (SSSR count). The Morgan fingerprint density at radius 1 is 1.04 bits per heavy atom. The Kier molecular flexibility index (Phi) is 4.74. The first-order chi connectivity index (χ1) is 11.2.